The van der Waals surface area contributed by atoms with Gasteiger partial charge in [-0.3, -0.25) is 4.79 Å². The Labute approximate surface area is 88.1 Å². The lowest BCUT2D eigenvalue weighted by molar-refractivity contribution is 0.111. The van der Waals surface area contributed by atoms with Crippen LogP contribution in [0.4, 0.5) is 0 Å². The highest BCUT2D eigenvalue weighted by atomic mass is 16.3. The molecule has 0 radical (unpaired) electrons. The van der Waals surface area contributed by atoms with Gasteiger partial charge in [-0.25, -0.2) is 4.68 Å². The van der Waals surface area contributed by atoms with Crippen LogP contribution in [0.15, 0.2) is 0 Å². The third-order valence-electron chi connectivity index (χ3n) is 3.04. The fourth-order valence-corrected chi connectivity index (χ4v) is 1.88. The predicted octanol–water partition coefficient (Wildman–Crippen LogP) is 0.911. The van der Waals surface area contributed by atoms with Gasteiger partial charge in [0, 0.05) is 5.92 Å². The first-order valence-corrected chi connectivity index (χ1v) is 5.29. The van der Waals surface area contributed by atoms with Crippen LogP contribution in [0.1, 0.15) is 54.3 Å². The van der Waals surface area contributed by atoms with Crippen molar-refractivity contribution in [1.82, 2.24) is 15.0 Å². The summed E-state index contributed by atoms with van der Waals surface area (Å²) in [7, 11) is 0. The molecule has 1 aromatic rings. The number of aromatic nitrogens is 3. The van der Waals surface area contributed by atoms with Crippen LogP contribution in [0, 0.1) is 0 Å². The topological polar surface area (TPSA) is 68.0 Å². The maximum atomic E-state index is 10.8. The van der Waals surface area contributed by atoms with Gasteiger partial charge in [0.05, 0.1) is 18.3 Å². The normalized spacial score (nSPS) is 18.5. The van der Waals surface area contributed by atoms with Crippen molar-refractivity contribution in [2.75, 3.05) is 6.61 Å². The highest BCUT2D eigenvalue weighted by Crippen LogP contribution is 2.37. The van der Waals surface area contributed by atoms with Crippen LogP contribution >= 0.6 is 0 Å². The molecule has 5 nitrogen and oxygen atoms in total. The zero-order valence-electron chi connectivity index (χ0n) is 8.76. The van der Waals surface area contributed by atoms with E-state index in [4.69, 9.17) is 5.11 Å². The van der Waals surface area contributed by atoms with Gasteiger partial charge in [0.25, 0.3) is 0 Å². The maximum absolute atomic E-state index is 10.8. The molecular weight excluding hydrogens is 194 g/mol. The first-order valence-electron chi connectivity index (χ1n) is 5.29. The summed E-state index contributed by atoms with van der Waals surface area (Å²) in [5, 5.41) is 16.9. The molecule has 0 aliphatic heterocycles. The molecule has 0 saturated heterocycles. The Balaban J connectivity index is 2.36. The predicted molar refractivity (Wildman–Crippen MR) is 53.8 cm³/mol. The summed E-state index contributed by atoms with van der Waals surface area (Å²) in [6.45, 7) is 1.88. The lowest BCUT2D eigenvalue weighted by Gasteiger charge is -2.27. The molecule has 1 aromatic heterocycles. The number of rotatable bonds is 4. The number of hydrogen-bond donors (Lipinski definition) is 1. The molecule has 1 N–H and O–H groups in total. The number of nitrogens with zero attached hydrogens (tertiary/aromatic N) is 3. The highest BCUT2D eigenvalue weighted by molar-refractivity contribution is 5.73. The van der Waals surface area contributed by atoms with E-state index in [-0.39, 0.29) is 12.6 Å². The zero-order valence-corrected chi connectivity index (χ0v) is 8.76. The van der Waals surface area contributed by atoms with Gasteiger partial charge in [-0.05, 0) is 19.8 Å². The fourth-order valence-electron chi connectivity index (χ4n) is 1.88. The second-order valence-corrected chi connectivity index (χ2v) is 4.08. The molecule has 1 fully saturated rings. The van der Waals surface area contributed by atoms with Gasteiger partial charge in [0.1, 0.15) is 5.69 Å². The Hall–Kier alpha value is -1.23. The van der Waals surface area contributed by atoms with E-state index in [0.29, 0.717) is 11.6 Å². The molecule has 1 unspecified atom stereocenters. The van der Waals surface area contributed by atoms with Crippen molar-refractivity contribution in [2.45, 2.75) is 38.1 Å². The van der Waals surface area contributed by atoms with E-state index in [2.05, 4.69) is 10.3 Å². The summed E-state index contributed by atoms with van der Waals surface area (Å²) in [5.41, 5.74) is 1.33. The van der Waals surface area contributed by atoms with Gasteiger partial charge in [0.2, 0.25) is 0 Å². The second kappa shape index (κ2) is 4.10. The second-order valence-electron chi connectivity index (χ2n) is 4.08. The quantitative estimate of drug-likeness (QED) is 0.748. The van der Waals surface area contributed by atoms with Crippen LogP contribution in [0.2, 0.25) is 0 Å². The molecule has 1 aliphatic rings. The van der Waals surface area contributed by atoms with Crippen molar-refractivity contribution >= 4 is 6.29 Å². The summed E-state index contributed by atoms with van der Waals surface area (Å²) in [5.74, 6) is 0.397. The largest absolute Gasteiger partial charge is 0.394 e. The van der Waals surface area contributed by atoms with Crippen LogP contribution in [-0.2, 0) is 0 Å². The van der Waals surface area contributed by atoms with Crippen molar-refractivity contribution < 1.29 is 9.90 Å². The number of aliphatic hydroxyl groups is 1. The summed E-state index contributed by atoms with van der Waals surface area (Å²) in [4.78, 5) is 10.8. The fraction of sp³-hybridized carbons (Fsp3) is 0.700. The number of aliphatic hydroxyl groups excluding tert-OH is 1. The molecule has 1 saturated carbocycles. The van der Waals surface area contributed by atoms with Gasteiger partial charge in [-0.15, -0.1) is 5.10 Å². The van der Waals surface area contributed by atoms with E-state index in [9.17, 15) is 4.79 Å². The van der Waals surface area contributed by atoms with Gasteiger partial charge in [0.15, 0.2) is 6.29 Å². The Kier molecular flexibility index (Phi) is 2.81. The van der Waals surface area contributed by atoms with E-state index < -0.39 is 0 Å². The van der Waals surface area contributed by atoms with Crippen LogP contribution in [0.3, 0.4) is 0 Å². The molecule has 0 bridgehead atoms. The molecular formula is C10H15N3O2. The number of carbonyl (C=O) groups excluding carboxylic acids is 1. The number of aldehydes is 1. The third-order valence-corrected chi connectivity index (χ3v) is 3.04. The highest BCUT2D eigenvalue weighted by Gasteiger charge is 2.28. The molecule has 1 heterocycles. The van der Waals surface area contributed by atoms with Gasteiger partial charge in [-0.2, -0.15) is 0 Å². The number of carbonyl (C=O) groups is 1. The van der Waals surface area contributed by atoms with Crippen LogP contribution in [0.25, 0.3) is 0 Å². The zero-order chi connectivity index (χ0) is 10.8. The number of hydrogen-bond acceptors (Lipinski definition) is 4. The molecule has 0 amide bonds. The average Bonchev–Trinajstić information content (AvgIpc) is 2.58. The Bertz CT molecular complexity index is 358. The average molecular weight is 209 g/mol. The van der Waals surface area contributed by atoms with Crippen molar-refractivity contribution in [3.63, 3.8) is 0 Å². The molecule has 1 atom stereocenters. The van der Waals surface area contributed by atoms with Crippen LogP contribution in [0.5, 0.6) is 0 Å². The maximum Gasteiger partial charge on any atom is 0.172 e. The Morgan fingerprint density at radius 1 is 1.67 bits per heavy atom. The van der Waals surface area contributed by atoms with E-state index >= 15 is 0 Å². The molecule has 0 aromatic carbocycles. The molecule has 2 rings (SSSR count). The van der Waals surface area contributed by atoms with E-state index in [1.54, 1.807) is 4.68 Å². The van der Waals surface area contributed by atoms with Crippen molar-refractivity contribution in [3.05, 3.63) is 11.4 Å². The SMILES string of the molecule is CC(CO)n1nnc(C=O)c1C1CCC1. The Morgan fingerprint density at radius 3 is 2.87 bits per heavy atom. The standard InChI is InChI=1S/C10H15N3O2/c1-7(5-14)13-10(8-3-2-4-8)9(6-15)11-12-13/h6-8,14H,2-5H2,1H3. The van der Waals surface area contributed by atoms with Gasteiger partial charge >= 0.3 is 0 Å². The molecule has 5 heteroatoms. The summed E-state index contributed by atoms with van der Waals surface area (Å²) < 4.78 is 1.69. The first kappa shape index (κ1) is 10.3. The first-order chi connectivity index (χ1) is 7.27. The minimum absolute atomic E-state index is 0.0153. The monoisotopic (exact) mass is 209 g/mol. The summed E-state index contributed by atoms with van der Waals surface area (Å²) >= 11 is 0. The van der Waals surface area contributed by atoms with Crippen molar-refractivity contribution in [3.8, 4) is 0 Å². The molecule has 82 valence electrons. The van der Waals surface area contributed by atoms with Gasteiger partial charge < -0.3 is 5.11 Å². The molecule has 0 spiro atoms. The van der Waals surface area contributed by atoms with Crippen molar-refractivity contribution in [2.24, 2.45) is 0 Å². The van der Waals surface area contributed by atoms with E-state index in [0.717, 1.165) is 24.8 Å². The smallest absolute Gasteiger partial charge is 0.172 e. The summed E-state index contributed by atoms with van der Waals surface area (Å²) in [6.07, 6.45) is 4.13. The molecule has 15 heavy (non-hydrogen) atoms. The van der Waals surface area contributed by atoms with E-state index in [1.165, 1.54) is 6.42 Å². The lowest BCUT2D eigenvalue weighted by atomic mass is 9.82. The molecule has 1 aliphatic carbocycles. The van der Waals surface area contributed by atoms with Crippen LogP contribution < -0.4 is 0 Å². The van der Waals surface area contributed by atoms with Crippen molar-refractivity contribution in [1.29, 1.82) is 0 Å². The van der Waals surface area contributed by atoms with Crippen LogP contribution in [-0.4, -0.2) is 33.0 Å². The minimum Gasteiger partial charge on any atom is -0.394 e. The summed E-state index contributed by atoms with van der Waals surface area (Å²) in [6, 6.07) is -0.109. The lowest BCUT2D eigenvalue weighted by Crippen LogP contribution is -2.20. The Morgan fingerprint density at radius 2 is 2.40 bits per heavy atom. The third kappa shape index (κ3) is 1.67. The van der Waals surface area contributed by atoms with E-state index in [1.807, 2.05) is 6.92 Å². The minimum atomic E-state index is -0.109. The van der Waals surface area contributed by atoms with Gasteiger partial charge in [-0.1, -0.05) is 11.6 Å².